The van der Waals surface area contributed by atoms with Crippen molar-refractivity contribution in [1.29, 1.82) is 0 Å². The number of hydrogen-bond acceptors (Lipinski definition) is 8. The molecule has 0 radical (unpaired) electrons. The molecular weight excluding hydrogens is 613 g/mol. The van der Waals surface area contributed by atoms with E-state index in [-0.39, 0.29) is 49.6 Å². The van der Waals surface area contributed by atoms with Crippen LogP contribution in [0.2, 0.25) is 5.02 Å². The highest BCUT2D eigenvalue weighted by molar-refractivity contribution is 7.89. The van der Waals surface area contributed by atoms with Gasteiger partial charge in [0.25, 0.3) is 5.91 Å². The highest BCUT2D eigenvalue weighted by Crippen LogP contribution is 2.29. The molecular formula is C28H30Cl3N3O6S. The maximum Gasteiger partial charge on any atom is 0.264 e. The number of aliphatic hydroxyl groups is 2. The van der Waals surface area contributed by atoms with Gasteiger partial charge in [-0.3, -0.25) is 9.78 Å². The maximum absolute atomic E-state index is 12.2. The van der Waals surface area contributed by atoms with Crippen LogP contribution in [0.3, 0.4) is 0 Å². The normalized spacial score (nSPS) is 12.5. The van der Waals surface area contributed by atoms with Crippen molar-refractivity contribution >= 4 is 63.2 Å². The van der Waals surface area contributed by atoms with Gasteiger partial charge < -0.3 is 20.3 Å². The monoisotopic (exact) mass is 641 g/mol. The van der Waals surface area contributed by atoms with Crippen LogP contribution in [0.1, 0.15) is 27.6 Å². The minimum absolute atomic E-state index is 0. The van der Waals surface area contributed by atoms with E-state index in [0.29, 0.717) is 39.4 Å². The molecule has 2 atom stereocenters. The molecule has 0 aliphatic carbocycles. The van der Waals surface area contributed by atoms with E-state index in [2.05, 4.69) is 10.3 Å². The van der Waals surface area contributed by atoms with Gasteiger partial charge in [-0.25, -0.2) is 13.1 Å². The topological polar surface area (TPSA) is 138 Å². The van der Waals surface area contributed by atoms with Gasteiger partial charge in [0, 0.05) is 34.8 Å². The van der Waals surface area contributed by atoms with Crippen LogP contribution in [-0.4, -0.2) is 55.0 Å². The minimum Gasteiger partial charge on any atom is -0.457 e. The van der Waals surface area contributed by atoms with Crippen molar-refractivity contribution in [2.75, 3.05) is 19.4 Å². The van der Waals surface area contributed by atoms with E-state index in [1.165, 1.54) is 12.1 Å². The summed E-state index contributed by atoms with van der Waals surface area (Å²) in [4.78, 5) is 16.4. The summed E-state index contributed by atoms with van der Waals surface area (Å²) in [6, 6.07) is 20.5. The fourth-order valence-corrected chi connectivity index (χ4v) is 4.65. The number of hydrogen-bond donors (Lipinski definition) is 4. The zero-order chi connectivity index (χ0) is 28.0. The molecule has 3 aromatic carbocycles. The van der Waals surface area contributed by atoms with Crippen molar-refractivity contribution in [3.8, 4) is 11.5 Å². The van der Waals surface area contributed by atoms with Crippen LogP contribution in [0.4, 0.5) is 0 Å². The first-order valence-electron chi connectivity index (χ1n) is 12.1. The SMILES string of the molecule is CS(=O)(=O)NC(=O)c1ccc2c(Oc3ccc(C[C@@H](CO)NC[C@@H](O)c4cccc(Cl)c4)cc3)ccnc2c1.Cl.Cl. The second-order valence-electron chi connectivity index (χ2n) is 9.05. The molecule has 0 saturated carbocycles. The zero-order valence-electron chi connectivity index (χ0n) is 21.9. The van der Waals surface area contributed by atoms with Crippen LogP contribution >= 0.6 is 36.4 Å². The number of carbonyl (C=O) groups is 1. The third-order valence-corrected chi connectivity index (χ3v) is 6.72. The molecule has 0 bridgehead atoms. The zero-order valence-corrected chi connectivity index (χ0v) is 25.1. The summed E-state index contributed by atoms with van der Waals surface area (Å²) in [7, 11) is -3.69. The van der Waals surface area contributed by atoms with E-state index in [4.69, 9.17) is 16.3 Å². The Hall–Kier alpha value is -2.96. The molecule has 0 saturated heterocycles. The molecule has 41 heavy (non-hydrogen) atoms. The highest BCUT2D eigenvalue weighted by Gasteiger charge is 2.15. The fraction of sp³-hybridized carbons (Fsp3) is 0.214. The predicted octanol–water partition coefficient (Wildman–Crippen LogP) is 4.44. The lowest BCUT2D eigenvalue weighted by Crippen LogP contribution is -2.37. The standard InChI is InChI=1S/C28H28ClN3O6S.2ClH/c1-39(36,37)32-28(35)20-7-10-24-25(15-20)30-12-11-27(24)38-23-8-5-18(6-9-23)13-22(17-33)31-16-26(34)19-3-2-4-21(29)14-19;;/h2-12,14-15,22,26,31,33-34H,13,16-17H2,1H3,(H,32,35);2*1H/t22-,26+;;/m0../s1. The lowest BCUT2D eigenvalue weighted by molar-refractivity contribution is 0.0981. The van der Waals surface area contributed by atoms with Gasteiger partial charge in [-0.05, 0) is 66.1 Å². The fourth-order valence-electron chi connectivity index (χ4n) is 4.00. The Morgan fingerprint density at radius 1 is 1.05 bits per heavy atom. The Morgan fingerprint density at radius 2 is 1.78 bits per heavy atom. The Kier molecular flexibility index (Phi) is 12.8. The number of amides is 1. The van der Waals surface area contributed by atoms with E-state index in [0.717, 1.165) is 11.8 Å². The second-order valence-corrected chi connectivity index (χ2v) is 11.2. The van der Waals surface area contributed by atoms with Crippen molar-refractivity contribution in [2.24, 2.45) is 0 Å². The van der Waals surface area contributed by atoms with Crippen LogP contribution in [0.15, 0.2) is 79.0 Å². The van der Waals surface area contributed by atoms with Gasteiger partial charge in [0.1, 0.15) is 11.5 Å². The number of nitrogens with zero attached hydrogens (tertiary/aromatic N) is 1. The molecule has 0 spiro atoms. The molecule has 0 aliphatic heterocycles. The minimum atomic E-state index is -3.69. The van der Waals surface area contributed by atoms with E-state index < -0.39 is 22.0 Å². The highest BCUT2D eigenvalue weighted by atomic mass is 35.5. The van der Waals surface area contributed by atoms with Crippen LogP contribution in [0, 0.1) is 0 Å². The third kappa shape index (κ3) is 9.82. The Balaban J connectivity index is 0.00000294. The van der Waals surface area contributed by atoms with Crippen molar-refractivity contribution in [3.63, 3.8) is 0 Å². The smallest absolute Gasteiger partial charge is 0.264 e. The van der Waals surface area contributed by atoms with Gasteiger partial charge in [0.15, 0.2) is 0 Å². The number of sulfonamides is 1. The average molecular weight is 643 g/mol. The quantitative estimate of drug-likeness (QED) is 0.189. The summed E-state index contributed by atoms with van der Waals surface area (Å²) in [6.07, 6.45) is 2.23. The molecule has 4 aromatic rings. The number of nitrogens with one attached hydrogen (secondary N) is 2. The largest absolute Gasteiger partial charge is 0.457 e. The third-order valence-electron chi connectivity index (χ3n) is 5.93. The number of pyridine rings is 1. The molecule has 0 aliphatic rings. The van der Waals surface area contributed by atoms with Crippen LogP contribution in [-0.2, 0) is 16.4 Å². The van der Waals surface area contributed by atoms with Crippen LogP contribution in [0.5, 0.6) is 11.5 Å². The Labute approximate surface area is 255 Å². The number of rotatable bonds is 11. The van der Waals surface area contributed by atoms with E-state index in [1.807, 2.05) is 29.0 Å². The van der Waals surface area contributed by atoms with Gasteiger partial charge >= 0.3 is 0 Å². The van der Waals surface area contributed by atoms with Crippen molar-refractivity contribution in [2.45, 2.75) is 18.6 Å². The predicted molar refractivity (Wildman–Crippen MR) is 164 cm³/mol. The van der Waals surface area contributed by atoms with Crippen molar-refractivity contribution in [3.05, 3.63) is 101 Å². The number of fused-ring (bicyclic) bond motifs is 1. The van der Waals surface area contributed by atoms with E-state index in [1.54, 1.807) is 42.6 Å². The molecule has 4 rings (SSSR count). The summed E-state index contributed by atoms with van der Waals surface area (Å²) in [5.41, 5.74) is 2.30. The molecule has 1 heterocycles. The van der Waals surface area contributed by atoms with E-state index in [9.17, 15) is 23.4 Å². The molecule has 1 aromatic heterocycles. The first-order chi connectivity index (χ1) is 18.6. The molecule has 13 heteroatoms. The lowest BCUT2D eigenvalue weighted by Gasteiger charge is -2.19. The number of benzene rings is 3. The van der Waals surface area contributed by atoms with Crippen LogP contribution < -0.4 is 14.8 Å². The van der Waals surface area contributed by atoms with Gasteiger partial charge in [-0.2, -0.15) is 0 Å². The molecule has 0 fully saturated rings. The molecule has 220 valence electrons. The number of ether oxygens (including phenoxy) is 1. The first-order valence-corrected chi connectivity index (χ1v) is 14.3. The number of aromatic nitrogens is 1. The van der Waals surface area contributed by atoms with E-state index >= 15 is 0 Å². The van der Waals surface area contributed by atoms with Crippen molar-refractivity contribution < 1.29 is 28.2 Å². The Morgan fingerprint density at radius 3 is 2.44 bits per heavy atom. The molecule has 0 unspecified atom stereocenters. The summed E-state index contributed by atoms with van der Waals surface area (Å²) in [5, 5.41) is 24.6. The molecule has 9 nitrogen and oxygen atoms in total. The lowest BCUT2D eigenvalue weighted by atomic mass is 10.0. The van der Waals surface area contributed by atoms with Crippen molar-refractivity contribution in [1.82, 2.24) is 15.0 Å². The summed E-state index contributed by atoms with van der Waals surface area (Å²) < 4.78 is 30.7. The van der Waals surface area contributed by atoms with Gasteiger partial charge in [-0.15, -0.1) is 24.8 Å². The second kappa shape index (κ2) is 15.3. The first kappa shape index (κ1) is 34.2. The maximum atomic E-state index is 12.2. The number of aliphatic hydroxyl groups excluding tert-OH is 2. The summed E-state index contributed by atoms with van der Waals surface area (Å²) in [6.45, 7) is 0.160. The average Bonchev–Trinajstić information content (AvgIpc) is 2.90. The molecule has 4 N–H and O–H groups in total. The van der Waals surface area contributed by atoms with Gasteiger partial charge in [0.2, 0.25) is 10.0 Å². The van der Waals surface area contributed by atoms with Gasteiger partial charge in [-0.1, -0.05) is 35.9 Å². The molecule has 1 amide bonds. The Bertz CT molecular complexity index is 1570. The summed E-state index contributed by atoms with van der Waals surface area (Å²) >= 11 is 6.00. The number of carbonyl (C=O) groups excluding carboxylic acids is 1. The van der Waals surface area contributed by atoms with Crippen LogP contribution in [0.25, 0.3) is 10.9 Å². The number of halogens is 3. The van der Waals surface area contributed by atoms with Gasteiger partial charge in [0.05, 0.1) is 24.5 Å². The summed E-state index contributed by atoms with van der Waals surface area (Å²) in [5.74, 6) is 0.362.